The number of anilines is 1. The molecule has 3 N–H and O–H groups in total. The lowest BCUT2D eigenvalue weighted by atomic mass is 10.5. The molecule has 2 aromatic heterocycles. The van der Waals surface area contributed by atoms with Gasteiger partial charge < -0.3 is 10.3 Å². The van der Waals surface area contributed by atoms with Gasteiger partial charge in [-0.15, -0.1) is 0 Å². The number of sulfonamides is 1. The molecule has 90 valence electrons. The van der Waals surface area contributed by atoms with E-state index in [1.165, 1.54) is 18.3 Å². The monoisotopic (exact) mass is 255 g/mol. The predicted molar refractivity (Wildman–Crippen MR) is 57.0 cm³/mol. The van der Waals surface area contributed by atoms with Crippen LogP contribution in [0, 0.1) is 0 Å². The van der Waals surface area contributed by atoms with E-state index in [2.05, 4.69) is 24.4 Å². The van der Waals surface area contributed by atoms with Gasteiger partial charge in [-0.2, -0.15) is 4.98 Å². The van der Waals surface area contributed by atoms with Crippen LogP contribution < -0.4 is 10.5 Å². The van der Waals surface area contributed by atoms with Crippen molar-refractivity contribution in [2.45, 2.75) is 11.4 Å². The molecule has 2 rings (SSSR count). The molecule has 0 bridgehead atoms. The highest BCUT2D eigenvalue weighted by atomic mass is 32.2. The van der Waals surface area contributed by atoms with Crippen molar-refractivity contribution in [1.29, 1.82) is 0 Å². The van der Waals surface area contributed by atoms with Gasteiger partial charge in [-0.1, -0.05) is 5.16 Å². The van der Waals surface area contributed by atoms with Crippen molar-refractivity contribution >= 4 is 15.8 Å². The number of pyridine rings is 1. The molecule has 0 aromatic carbocycles. The standard InChI is InChI=1S/C8H9N5O3S/c9-8-6(2-1-3-10-8)17(14,15)12-4-7-11-5-16-13-7/h1-3,5,12H,4H2,(H2,9,10). The Morgan fingerprint density at radius 1 is 1.41 bits per heavy atom. The van der Waals surface area contributed by atoms with Gasteiger partial charge in [-0.3, -0.25) is 0 Å². The van der Waals surface area contributed by atoms with Crippen molar-refractivity contribution < 1.29 is 12.9 Å². The molecule has 0 spiro atoms. The number of hydrogen-bond donors (Lipinski definition) is 2. The predicted octanol–water partition coefficient (Wildman–Crippen LogP) is -0.475. The minimum Gasteiger partial charge on any atom is -0.383 e. The Labute approximate surface area is 96.9 Å². The fraction of sp³-hybridized carbons (Fsp3) is 0.125. The van der Waals surface area contributed by atoms with Gasteiger partial charge in [-0.25, -0.2) is 18.1 Å². The highest BCUT2D eigenvalue weighted by Crippen LogP contribution is 2.14. The molecule has 9 heteroatoms. The SMILES string of the molecule is Nc1ncccc1S(=O)(=O)NCc1ncon1. The highest BCUT2D eigenvalue weighted by Gasteiger charge is 2.18. The van der Waals surface area contributed by atoms with Gasteiger partial charge in [0.2, 0.25) is 16.4 Å². The first kappa shape index (κ1) is 11.5. The lowest BCUT2D eigenvalue weighted by Gasteiger charge is -2.06. The lowest BCUT2D eigenvalue weighted by molar-refractivity contribution is 0.409. The number of hydrogen-bond acceptors (Lipinski definition) is 7. The van der Waals surface area contributed by atoms with Crippen LogP contribution in [0.25, 0.3) is 0 Å². The maximum Gasteiger partial charge on any atom is 0.244 e. The third-order valence-corrected chi connectivity index (χ3v) is 3.37. The zero-order chi connectivity index (χ0) is 12.3. The Hall–Kier alpha value is -2.00. The molecule has 0 aliphatic rings. The smallest absolute Gasteiger partial charge is 0.244 e. The first-order valence-corrected chi connectivity index (χ1v) is 6.03. The molecule has 17 heavy (non-hydrogen) atoms. The van der Waals surface area contributed by atoms with Crippen LogP contribution in [0.1, 0.15) is 5.82 Å². The molecule has 0 saturated heterocycles. The van der Waals surface area contributed by atoms with Crippen LogP contribution in [-0.2, 0) is 16.6 Å². The van der Waals surface area contributed by atoms with Crippen molar-refractivity contribution in [3.8, 4) is 0 Å². The van der Waals surface area contributed by atoms with E-state index in [-0.39, 0.29) is 23.1 Å². The summed E-state index contributed by atoms with van der Waals surface area (Å²) in [5.74, 6) is 0.171. The first-order chi connectivity index (χ1) is 8.09. The fourth-order valence-electron chi connectivity index (χ4n) is 1.14. The summed E-state index contributed by atoms with van der Waals surface area (Å²) in [7, 11) is -3.73. The molecule has 0 atom stereocenters. The molecule has 0 aliphatic heterocycles. The summed E-state index contributed by atoms with van der Waals surface area (Å²) < 4.78 is 30.4. The highest BCUT2D eigenvalue weighted by molar-refractivity contribution is 7.89. The minimum absolute atomic E-state index is 0.0619. The normalized spacial score (nSPS) is 11.5. The van der Waals surface area contributed by atoms with Gasteiger partial charge in [0.05, 0.1) is 6.54 Å². The van der Waals surface area contributed by atoms with Gasteiger partial charge in [0.25, 0.3) is 0 Å². The zero-order valence-corrected chi connectivity index (χ0v) is 9.38. The summed E-state index contributed by atoms with van der Waals surface area (Å²) in [4.78, 5) is 7.30. The molecule has 0 amide bonds. The van der Waals surface area contributed by atoms with E-state index >= 15 is 0 Å². The van der Waals surface area contributed by atoms with Gasteiger partial charge in [0.1, 0.15) is 10.7 Å². The number of nitrogens with zero attached hydrogens (tertiary/aromatic N) is 3. The lowest BCUT2D eigenvalue weighted by Crippen LogP contribution is -2.24. The van der Waals surface area contributed by atoms with E-state index in [1.807, 2.05) is 0 Å². The number of nitrogen functional groups attached to an aromatic ring is 1. The maximum atomic E-state index is 11.8. The van der Waals surface area contributed by atoms with Gasteiger partial charge in [0, 0.05) is 6.20 Å². The molecular formula is C8H9N5O3S. The van der Waals surface area contributed by atoms with Crippen molar-refractivity contribution in [2.75, 3.05) is 5.73 Å². The first-order valence-electron chi connectivity index (χ1n) is 4.55. The topological polar surface area (TPSA) is 124 Å². The Morgan fingerprint density at radius 3 is 2.88 bits per heavy atom. The summed E-state index contributed by atoms with van der Waals surface area (Å²) in [6.07, 6.45) is 2.52. The molecular weight excluding hydrogens is 246 g/mol. The van der Waals surface area contributed by atoms with Gasteiger partial charge in [-0.05, 0) is 12.1 Å². The molecule has 0 fully saturated rings. The summed E-state index contributed by atoms with van der Waals surface area (Å²) in [5.41, 5.74) is 5.48. The van der Waals surface area contributed by atoms with Gasteiger partial charge in [0.15, 0.2) is 5.82 Å². The van der Waals surface area contributed by atoms with Crippen molar-refractivity contribution in [3.63, 3.8) is 0 Å². The number of nitrogens with two attached hydrogens (primary N) is 1. The zero-order valence-electron chi connectivity index (χ0n) is 8.57. The van der Waals surface area contributed by atoms with E-state index < -0.39 is 10.0 Å². The largest absolute Gasteiger partial charge is 0.383 e. The maximum absolute atomic E-state index is 11.8. The summed E-state index contributed by atoms with van der Waals surface area (Å²) in [6, 6.07) is 2.85. The molecule has 0 aliphatic carbocycles. The van der Waals surface area contributed by atoms with Crippen LogP contribution >= 0.6 is 0 Å². The Morgan fingerprint density at radius 2 is 2.24 bits per heavy atom. The van der Waals surface area contributed by atoms with Crippen molar-refractivity contribution in [1.82, 2.24) is 19.8 Å². The molecule has 2 aromatic rings. The van der Waals surface area contributed by atoms with Gasteiger partial charge >= 0.3 is 0 Å². The average Bonchev–Trinajstić information content (AvgIpc) is 2.80. The molecule has 0 saturated carbocycles. The van der Waals surface area contributed by atoms with Crippen molar-refractivity contribution in [2.24, 2.45) is 0 Å². The summed E-state index contributed by atoms with van der Waals surface area (Å²) in [5, 5.41) is 3.48. The summed E-state index contributed by atoms with van der Waals surface area (Å²) in [6.45, 7) is -0.0762. The Bertz CT molecular complexity index is 595. The number of rotatable bonds is 4. The second kappa shape index (κ2) is 4.47. The average molecular weight is 255 g/mol. The van der Waals surface area contributed by atoms with Crippen LogP contribution in [0.4, 0.5) is 5.82 Å². The van der Waals surface area contributed by atoms with E-state index in [9.17, 15) is 8.42 Å². The van der Waals surface area contributed by atoms with Crippen LogP contribution in [-0.4, -0.2) is 23.5 Å². The van der Waals surface area contributed by atoms with E-state index in [0.29, 0.717) is 0 Å². The fourth-order valence-corrected chi connectivity index (χ4v) is 2.20. The third kappa shape index (κ3) is 2.57. The second-order valence-corrected chi connectivity index (χ2v) is 4.79. The minimum atomic E-state index is -3.73. The Kier molecular flexibility index (Phi) is 3.02. The quantitative estimate of drug-likeness (QED) is 0.756. The van der Waals surface area contributed by atoms with Crippen LogP contribution in [0.3, 0.4) is 0 Å². The molecule has 0 radical (unpaired) electrons. The van der Waals surface area contributed by atoms with Crippen LogP contribution in [0.5, 0.6) is 0 Å². The van der Waals surface area contributed by atoms with E-state index in [0.717, 1.165) is 6.39 Å². The molecule has 0 unspecified atom stereocenters. The molecule has 8 nitrogen and oxygen atoms in total. The third-order valence-electron chi connectivity index (χ3n) is 1.92. The second-order valence-electron chi connectivity index (χ2n) is 3.06. The number of aromatic nitrogens is 3. The number of nitrogens with one attached hydrogen (secondary N) is 1. The summed E-state index contributed by atoms with van der Waals surface area (Å²) >= 11 is 0. The van der Waals surface area contributed by atoms with E-state index in [1.54, 1.807) is 0 Å². The molecule has 2 heterocycles. The van der Waals surface area contributed by atoms with Crippen molar-refractivity contribution in [3.05, 3.63) is 30.5 Å². The van der Waals surface area contributed by atoms with Crippen LogP contribution in [0.2, 0.25) is 0 Å². The Balaban J connectivity index is 2.17. The van der Waals surface area contributed by atoms with Crippen LogP contribution in [0.15, 0.2) is 34.1 Å². The van der Waals surface area contributed by atoms with E-state index in [4.69, 9.17) is 5.73 Å².